The summed E-state index contributed by atoms with van der Waals surface area (Å²) in [5.41, 5.74) is 4.24. The van der Waals surface area contributed by atoms with Gasteiger partial charge in [0, 0.05) is 23.2 Å². The smallest absolute Gasteiger partial charge is 0.277 e. The van der Waals surface area contributed by atoms with Crippen LogP contribution in [-0.2, 0) is 17.6 Å². The third-order valence-corrected chi connectivity index (χ3v) is 6.91. The summed E-state index contributed by atoms with van der Waals surface area (Å²) in [7, 11) is 0. The Balaban J connectivity index is 1.60. The number of anilines is 2. The zero-order valence-corrected chi connectivity index (χ0v) is 18.3. The number of pyridine rings is 1. The third kappa shape index (κ3) is 3.54. The first-order valence-electron chi connectivity index (χ1n) is 10.6. The van der Waals surface area contributed by atoms with Gasteiger partial charge in [0.1, 0.15) is 10.7 Å². The lowest BCUT2D eigenvalue weighted by molar-refractivity contribution is -0.112. The molecule has 7 heteroatoms. The number of hydrogen-bond acceptors (Lipinski definition) is 5. The Morgan fingerprint density at radius 3 is 2.88 bits per heavy atom. The number of amides is 2. The quantitative estimate of drug-likeness (QED) is 0.570. The van der Waals surface area contributed by atoms with Gasteiger partial charge in [-0.15, -0.1) is 17.9 Å². The van der Waals surface area contributed by atoms with Gasteiger partial charge in [-0.05, 0) is 49.4 Å². The third-order valence-electron chi connectivity index (χ3n) is 5.72. The minimum absolute atomic E-state index is 0.170. The second-order valence-electron chi connectivity index (χ2n) is 7.77. The molecule has 0 atom stereocenters. The second kappa shape index (κ2) is 8.51. The fourth-order valence-electron chi connectivity index (χ4n) is 4.28. The molecule has 160 valence electrons. The first-order valence-corrected chi connectivity index (χ1v) is 11.5. The lowest BCUT2D eigenvalue weighted by atomic mass is 9.95. The van der Waals surface area contributed by atoms with Gasteiger partial charge in [-0.25, -0.2) is 4.99 Å². The van der Waals surface area contributed by atoms with E-state index in [0.29, 0.717) is 28.5 Å². The number of carbonyl (C=O) groups excluding carboxylic acids is 2. The average Bonchev–Trinajstić information content (AvgIpc) is 3.31. The summed E-state index contributed by atoms with van der Waals surface area (Å²) in [6.45, 7) is 4.18. The standard InChI is InChI=1S/C25H22N4O2S/c1-2-14-29-19-11-5-3-9-17(19)22(25(29)31)28-24-21(18-10-4-6-12-20(18)32-24)23(30)27-16-8-7-13-26-15-16/h2-3,5,7-9,11,13,15H,1,4,6,10,12,14H2,(H,27,30). The number of aliphatic imine (C=N–C) groups is 1. The van der Waals surface area contributed by atoms with Crippen LogP contribution in [-0.4, -0.2) is 29.1 Å². The van der Waals surface area contributed by atoms with Gasteiger partial charge in [-0.3, -0.25) is 14.6 Å². The number of rotatable bonds is 5. The summed E-state index contributed by atoms with van der Waals surface area (Å²) < 4.78 is 0. The van der Waals surface area contributed by atoms with Crippen LogP contribution in [0, 0.1) is 0 Å². The van der Waals surface area contributed by atoms with Crippen LogP contribution in [0.2, 0.25) is 0 Å². The average molecular weight is 443 g/mol. The van der Waals surface area contributed by atoms with Crippen molar-refractivity contribution in [1.82, 2.24) is 4.98 Å². The molecule has 32 heavy (non-hydrogen) atoms. The lowest BCUT2D eigenvalue weighted by Crippen LogP contribution is -2.30. The molecule has 1 aliphatic carbocycles. The van der Waals surface area contributed by atoms with Gasteiger partial charge in [0.2, 0.25) is 0 Å². The molecular formula is C25H22N4O2S. The molecular weight excluding hydrogens is 420 g/mol. The van der Waals surface area contributed by atoms with Crippen molar-refractivity contribution in [3.8, 4) is 0 Å². The van der Waals surface area contributed by atoms with E-state index in [0.717, 1.165) is 42.5 Å². The van der Waals surface area contributed by atoms with Gasteiger partial charge in [0.25, 0.3) is 11.8 Å². The van der Waals surface area contributed by atoms with Crippen LogP contribution in [0.1, 0.15) is 39.2 Å². The second-order valence-corrected chi connectivity index (χ2v) is 8.85. The van der Waals surface area contributed by atoms with E-state index in [2.05, 4.69) is 16.9 Å². The summed E-state index contributed by atoms with van der Waals surface area (Å²) >= 11 is 1.52. The van der Waals surface area contributed by atoms with E-state index in [1.165, 1.54) is 16.2 Å². The number of carbonyl (C=O) groups is 2. The van der Waals surface area contributed by atoms with Crippen molar-refractivity contribution < 1.29 is 9.59 Å². The summed E-state index contributed by atoms with van der Waals surface area (Å²) in [4.78, 5) is 38.3. The fourth-order valence-corrected chi connectivity index (χ4v) is 5.54. The molecule has 2 amide bonds. The molecule has 0 spiro atoms. The molecule has 1 aromatic carbocycles. The number of para-hydroxylation sites is 1. The first-order chi connectivity index (χ1) is 15.7. The Bertz CT molecular complexity index is 1250. The molecule has 0 saturated carbocycles. The highest BCUT2D eigenvalue weighted by atomic mass is 32.1. The number of nitrogens with one attached hydrogen (secondary N) is 1. The predicted octanol–water partition coefficient (Wildman–Crippen LogP) is 4.93. The lowest BCUT2D eigenvalue weighted by Gasteiger charge is -2.13. The summed E-state index contributed by atoms with van der Waals surface area (Å²) in [6.07, 6.45) is 8.91. The van der Waals surface area contributed by atoms with Crippen LogP contribution in [0.4, 0.5) is 16.4 Å². The van der Waals surface area contributed by atoms with E-state index in [1.807, 2.05) is 24.3 Å². The molecule has 0 saturated heterocycles. The minimum Gasteiger partial charge on any atom is -0.320 e. The maximum Gasteiger partial charge on any atom is 0.277 e. The predicted molar refractivity (Wildman–Crippen MR) is 128 cm³/mol. The van der Waals surface area contributed by atoms with Gasteiger partial charge in [-0.1, -0.05) is 24.3 Å². The van der Waals surface area contributed by atoms with Crippen molar-refractivity contribution in [1.29, 1.82) is 0 Å². The number of benzene rings is 1. The van der Waals surface area contributed by atoms with Crippen molar-refractivity contribution in [3.63, 3.8) is 0 Å². The van der Waals surface area contributed by atoms with Crippen LogP contribution in [0.25, 0.3) is 0 Å². The van der Waals surface area contributed by atoms with Crippen molar-refractivity contribution in [2.45, 2.75) is 25.7 Å². The highest BCUT2D eigenvalue weighted by Crippen LogP contribution is 2.41. The zero-order valence-electron chi connectivity index (χ0n) is 17.5. The molecule has 1 N–H and O–H groups in total. The van der Waals surface area contributed by atoms with Gasteiger partial charge >= 0.3 is 0 Å². The van der Waals surface area contributed by atoms with Crippen LogP contribution in [0.5, 0.6) is 0 Å². The van der Waals surface area contributed by atoms with E-state index in [1.54, 1.807) is 35.5 Å². The molecule has 0 radical (unpaired) electrons. The molecule has 2 aliphatic rings. The Morgan fingerprint density at radius 1 is 1.22 bits per heavy atom. The number of nitrogens with zero attached hydrogens (tertiary/aromatic N) is 3. The molecule has 3 aromatic rings. The van der Waals surface area contributed by atoms with Crippen molar-refractivity contribution in [2.24, 2.45) is 4.99 Å². The fraction of sp³-hybridized carbons (Fsp3) is 0.200. The van der Waals surface area contributed by atoms with E-state index in [9.17, 15) is 9.59 Å². The van der Waals surface area contributed by atoms with E-state index < -0.39 is 0 Å². The number of fused-ring (bicyclic) bond motifs is 2. The Hall–Kier alpha value is -3.58. The van der Waals surface area contributed by atoms with Crippen molar-refractivity contribution >= 4 is 45.2 Å². The zero-order chi connectivity index (χ0) is 22.1. The molecule has 5 rings (SSSR count). The minimum atomic E-state index is -0.210. The van der Waals surface area contributed by atoms with Gasteiger partial charge in [0.05, 0.1) is 23.1 Å². The number of thiophene rings is 1. The highest BCUT2D eigenvalue weighted by molar-refractivity contribution is 7.16. The van der Waals surface area contributed by atoms with Crippen LogP contribution < -0.4 is 10.2 Å². The van der Waals surface area contributed by atoms with Crippen LogP contribution >= 0.6 is 11.3 Å². The van der Waals surface area contributed by atoms with Crippen LogP contribution in [0.3, 0.4) is 0 Å². The number of aromatic nitrogens is 1. The molecule has 6 nitrogen and oxygen atoms in total. The maximum absolute atomic E-state index is 13.3. The first kappa shape index (κ1) is 20.3. The number of aryl methyl sites for hydroxylation is 1. The van der Waals surface area contributed by atoms with E-state index in [-0.39, 0.29) is 11.8 Å². The topological polar surface area (TPSA) is 74.7 Å². The summed E-state index contributed by atoms with van der Waals surface area (Å²) in [5.74, 6) is -0.380. The van der Waals surface area contributed by atoms with Gasteiger partial charge < -0.3 is 10.2 Å². The number of hydrogen-bond donors (Lipinski definition) is 1. The van der Waals surface area contributed by atoms with Crippen LogP contribution in [0.15, 0.2) is 66.4 Å². The molecule has 0 unspecified atom stereocenters. The molecule has 1 aliphatic heterocycles. The Morgan fingerprint density at radius 2 is 2.06 bits per heavy atom. The van der Waals surface area contributed by atoms with Crippen molar-refractivity contribution in [2.75, 3.05) is 16.8 Å². The van der Waals surface area contributed by atoms with E-state index >= 15 is 0 Å². The monoisotopic (exact) mass is 442 g/mol. The maximum atomic E-state index is 13.3. The summed E-state index contributed by atoms with van der Waals surface area (Å²) in [5, 5.41) is 3.54. The van der Waals surface area contributed by atoms with Gasteiger partial charge in [-0.2, -0.15) is 0 Å². The normalized spacial score (nSPS) is 16.1. The molecule has 0 bridgehead atoms. The molecule has 3 heterocycles. The van der Waals surface area contributed by atoms with Crippen molar-refractivity contribution in [3.05, 3.63) is 83.0 Å². The van der Waals surface area contributed by atoms with E-state index in [4.69, 9.17) is 4.99 Å². The molecule has 2 aromatic heterocycles. The largest absolute Gasteiger partial charge is 0.320 e. The highest BCUT2D eigenvalue weighted by Gasteiger charge is 2.34. The Labute approximate surface area is 190 Å². The van der Waals surface area contributed by atoms with Gasteiger partial charge in [0.15, 0.2) is 0 Å². The Kier molecular flexibility index (Phi) is 5.41. The molecule has 0 fully saturated rings. The SMILES string of the molecule is C=CCN1C(=O)C(=Nc2sc3c(c2C(=O)Nc2cccnc2)CCCC3)c2ccccc21. The summed E-state index contributed by atoms with van der Waals surface area (Å²) in [6, 6.07) is 11.2.